The molecule has 9 nitrogen and oxygen atoms in total. The molecule has 0 saturated heterocycles. The van der Waals surface area contributed by atoms with E-state index in [-0.39, 0.29) is 0 Å². The Balaban J connectivity index is 1.65. The van der Waals surface area contributed by atoms with Gasteiger partial charge in [-0.25, -0.2) is 14.2 Å². The fourth-order valence-electron chi connectivity index (χ4n) is 3.72. The van der Waals surface area contributed by atoms with Crippen LogP contribution < -0.4 is 15.9 Å². The first-order valence-corrected chi connectivity index (χ1v) is 15.8. The van der Waals surface area contributed by atoms with Crippen LogP contribution in [0.5, 0.6) is 0 Å². The molecule has 0 radical (unpaired) electrons. The molecule has 2 aromatic heterocycles. The van der Waals surface area contributed by atoms with E-state index < -0.39 is 16.9 Å². The van der Waals surface area contributed by atoms with E-state index in [1.54, 1.807) is 50.2 Å². The highest BCUT2D eigenvalue weighted by atomic mass is 32.2. The Labute approximate surface area is 201 Å². The average Bonchev–Trinajstić information content (AvgIpc) is 2.72. The SMILES string of the molecule is CN1CCc2ccc(Nc3ncc(P(C)(C)=O)c(Nc4cccc(N=S(C)(C)=O)n4)n3)cc2C1. The number of fused-ring (bicyclic) bond motifs is 1. The number of anilines is 4. The van der Waals surface area contributed by atoms with Crippen molar-refractivity contribution in [3.63, 3.8) is 0 Å². The summed E-state index contributed by atoms with van der Waals surface area (Å²) in [6.07, 6.45) is 5.73. The van der Waals surface area contributed by atoms with E-state index >= 15 is 0 Å². The summed E-state index contributed by atoms with van der Waals surface area (Å²) in [5.41, 5.74) is 3.54. The van der Waals surface area contributed by atoms with Gasteiger partial charge in [-0.2, -0.15) is 9.35 Å². The van der Waals surface area contributed by atoms with Crippen LogP contribution >= 0.6 is 7.14 Å². The number of hydrogen-bond donors (Lipinski definition) is 2. The van der Waals surface area contributed by atoms with Crippen LogP contribution in [0, 0.1) is 0 Å². The lowest BCUT2D eigenvalue weighted by molar-refractivity contribution is 0.313. The van der Waals surface area contributed by atoms with Gasteiger partial charge in [-0.3, -0.25) is 0 Å². The molecule has 0 spiro atoms. The van der Waals surface area contributed by atoms with E-state index in [1.165, 1.54) is 11.1 Å². The molecule has 2 N–H and O–H groups in total. The van der Waals surface area contributed by atoms with Crippen LogP contribution in [0.25, 0.3) is 0 Å². The van der Waals surface area contributed by atoms with Crippen molar-refractivity contribution in [2.75, 3.05) is 50.1 Å². The molecular weight excluding hydrogens is 469 g/mol. The minimum Gasteiger partial charge on any atom is -0.324 e. The third-order valence-electron chi connectivity index (χ3n) is 5.31. The summed E-state index contributed by atoms with van der Waals surface area (Å²) in [7, 11) is -2.91. The maximum atomic E-state index is 12.9. The van der Waals surface area contributed by atoms with Gasteiger partial charge < -0.3 is 20.1 Å². The molecule has 11 heteroatoms. The van der Waals surface area contributed by atoms with Crippen molar-refractivity contribution in [3.8, 4) is 0 Å². The minimum absolute atomic E-state index is 0.351. The van der Waals surface area contributed by atoms with Crippen molar-refractivity contribution in [1.82, 2.24) is 19.9 Å². The van der Waals surface area contributed by atoms with E-state index in [0.29, 0.717) is 28.7 Å². The third kappa shape index (κ3) is 6.20. The van der Waals surface area contributed by atoms with Gasteiger partial charge in [-0.15, -0.1) is 0 Å². The van der Waals surface area contributed by atoms with Gasteiger partial charge in [0.25, 0.3) is 0 Å². The Hall–Kier alpha value is -2.81. The Bertz CT molecular complexity index is 1390. The Morgan fingerprint density at radius 2 is 1.88 bits per heavy atom. The van der Waals surface area contributed by atoms with E-state index in [2.05, 4.69) is 54.0 Å². The van der Waals surface area contributed by atoms with Crippen LogP contribution in [0.3, 0.4) is 0 Å². The largest absolute Gasteiger partial charge is 0.324 e. The molecule has 0 bridgehead atoms. The molecule has 3 aromatic rings. The first kappa shape index (κ1) is 24.3. The van der Waals surface area contributed by atoms with Crippen molar-refractivity contribution in [2.24, 2.45) is 4.36 Å². The second-order valence-electron chi connectivity index (χ2n) is 9.15. The molecule has 4 rings (SSSR count). The second kappa shape index (κ2) is 9.44. The summed E-state index contributed by atoms with van der Waals surface area (Å²) in [6.45, 7) is 5.31. The van der Waals surface area contributed by atoms with Crippen LogP contribution in [-0.4, -0.2) is 63.5 Å². The molecular formula is C23H30N7O2PS. The molecule has 1 aliphatic heterocycles. The Kier molecular flexibility index (Phi) is 6.75. The molecule has 0 unspecified atom stereocenters. The lowest BCUT2D eigenvalue weighted by Crippen LogP contribution is -2.26. The van der Waals surface area contributed by atoms with Gasteiger partial charge in [0.15, 0.2) is 5.82 Å². The monoisotopic (exact) mass is 499 g/mol. The predicted octanol–water partition coefficient (Wildman–Crippen LogP) is 3.95. The molecule has 0 fully saturated rings. The van der Waals surface area contributed by atoms with Crippen molar-refractivity contribution in [2.45, 2.75) is 13.0 Å². The van der Waals surface area contributed by atoms with Gasteiger partial charge >= 0.3 is 0 Å². The summed E-state index contributed by atoms with van der Waals surface area (Å²) < 4.78 is 29.1. The summed E-state index contributed by atoms with van der Waals surface area (Å²) in [6, 6.07) is 11.5. The average molecular weight is 500 g/mol. The van der Waals surface area contributed by atoms with Gasteiger partial charge in [-0.05, 0) is 62.2 Å². The third-order valence-corrected chi connectivity index (χ3v) is 7.42. The zero-order valence-corrected chi connectivity index (χ0v) is 21.8. The molecule has 1 aliphatic rings. The van der Waals surface area contributed by atoms with E-state index in [0.717, 1.165) is 25.2 Å². The van der Waals surface area contributed by atoms with Gasteiger partial charge in [0.05, 0.1) is 5.30 Å². The lowest BCUT2D eigenvalue weighted by atomic mass is 9.99. The van der Waals surface area contributed by atoms with Crippen LogP contribution in [0.1, 0.15) is 11.1 Å². The quantitative estimate of drug-likeness (QED) is 0.490. The zero-order valence-electron chi connectivity index (χ0n) is 20.1. The Morgan fingerprint density at radius 1 is 1.09 bits per heavy atom. The first-order chi connectivity index (χ1) is 16.0. The Morgan fingerprint density at radius 3 is 2.62 bits per heavy atom. The van der Waals surface area contributed by atoms with Gasteiger partial charge in [0.2, 0.25) is 5.95 Å². The molecule has 0 atom stereocenters. The van der Waals surface area contributed by atoms with Gasteiger partial charge in [0, 0.05) is 47.2 Å². The number of rotatable bonds is 6. The predicted molar refractivity (Wildman–Crippen MR) is 140 cm³/mol. The molecule has 180 valence electrons. The fraction of sp³-hybridized carbons (Fsp3) is 0.348. The maximum Gasteiger partial charge on any atom is 0.229 e. The van der Waals surface area contributed by atoms with Gasteiger partial charge in [-0.1, -0.05) is 12.1 Å². The molecule has 0 amide bonds. The van der Waals surface area contributed by atoms with E-state index in [4.69, 9.17) is 0 Å². The molecule has 34 heavy (non-hydrogen) atoms. The standard InChI is InChI=1S/C23H30N7O2PS/c1-30-12-11-16-9-10-18(13-17(16)15-30)25-23-24-14-19(33(2,3)31)22(28-23)27-20-7-6-8-21(26-20)29-34(4,5)32/h6-10,13-14H,11-12,15H2,1-5H3,(H2,24,25,26,27,28). The summed E-state index contributed by atoms with van der Waals surface area (Å²) in [5.74, 6) is 1.60. The highest BCUT2D eigenvalue weighted by molar-refractivity contribution is 7.92. The van der Waals surface area contributed by atoms with Crippen LogP contribution in [0.2, 0.25) is 0 Å². The van der Waals surface area contributed by atoms with Gasteiger partial charge in [0.1, 0.15) is 18.8 Å². The fourth-order valence-corrected chi connectivity index (χ4v) is 5.22. The zero-order chi connectivity index (χ0) is 24.5. The number of benzene rings is 1. The number of nitrogens with zero attached hydrogens (tertiary/aromatic N) is 5. The highest BCUT2D eigenvalue weighted by Gasteiger charge is 2.20. The number of aromatic nitrogens is 3. The van der Waals surface area contributed by atoms with E-state index in [9.17, 15) is 8.77 Å². The van der Waals surface area contributed by atoms with Crippen molar-refractivity contribution < 1.29 is 8.77 Å². The number of hydrogen-bond acceptors (Lipinski definition) is 9. The minimum atomic E-state index is -2.68. The summed E-state index contributed by atoms with van der Waals surface area (Å²) in [5, 5.41) is 6.94. The topological polar surface area (TPSA) is 112 Å². The number of likely N-dealkylation sites (N-methyl/N-ethyl adjacent to an activating group) is 1. The van der Waals surface area contributed by atoms with E-state index in [1.807, 2.05) is 6.07 Å². The molecule has 1 aromatic carbocycles. The maximum absolute atomic E-state index is 12.9. The highest BCUT2D eigenvalue weighted by Crippen LogP contribution is 2.38. The molecule has 0 aliphatic carbocycles. The molecule has 0 saturated carbocycles. The van der Waals surface area contributed by atoms with Crippen molar-refractivity contribution in [3.05, 3.63) is 53.7 Å². The van der Waals surface area contributed by atoms with Crippen LogP contribution in [-0.2, 0) is 27.3 Å². The number of nitrogens with one attached hydrogen (secondary N) is 2. The van der Waals surface area contributed by atoms with Crippen molar-refractivity contribution in [1.29, 1.82) is 0 Å². The second-order valence-corrected chi connectivity index (χ2v) is 14.9. The van der Waals surface area contributed by atoms with Crippen LogP contribution in [0.4, 0.5) is 29.1 Å². The summed E-state index contributed by atoms with van der Waals surface area (Å²) >= 11 is 0. The van der Waals surface area contributed by atoms with Crippen LogP contribution in [0.15, 0.2) is 47.0 Å². The normalized spacial score (nSPS) is 14.4. The lowest BCUT2D eigenvalue weighted by Gasteiger charge is -2.25. The smallest absolute Gasteiger partial charge is 0.229 e. The van der Waals surface area contributed by atoms with Crippen molar-refractivity contribution >= 4 is 51.3 Å². The molecule has 3 heterocycles. The number of pyridine rings is 1. The summed E-state index contributed by atoms with van der Waals surface area (Å²) in [4.78, 5) is 15.7. The first-order valence-electron chi connectivity index (χ1n) is 10.9.